The highest BCUT2D eigenvalue weighted by Crippen LogP contribution is 2.10. The lowest BCUT2D eigenvalue weighted by Gasteiger charge is -2.06. The van der Waals surface area contributed by atoms with Gasteiger partial charge in [0.2, 0.25) is 6.41 Å². The second-order valence-electron chi connectivity index (χ2n) is 1.91. The molecule has 0 aromatic rings. The van der Waals surface area contributed by atoms with Crippen LogP contribution in [0.25, 0.3) is 0 Å². The Balaban J connectivity index is 3.56. The van der Waals surface area contributed by atoms with Gasteiger partial charge in [0.1, 0.15) is 0 Å². The molecule has 0 aromatic heterocycles. The summed E-state index contributed by atoms with van der Waals surface area (Å²) >= 11 is 1.35. The minimum Gasteiger partial charge on any atom is -0.392 e. The Morgan fingerprint density at radius 3 is 2.91 bits per heavy atom. The first-order valence-corrected chi connectivity index (χ1v) is 4.35. The second-order valence-corrected chi connectivity index (χ2v) is 2.99. The van der Waals surface area contributed by atoms with Crippen LogP contribution in [0.1, 0.15) is 13.3 Å². The SMILES string of the molecule is CCC(/C=C\CO)SNC=O. The highest BCUT2D eigenvalue weighted by Gasteiger charge is 1.99. The zero-order valence-corrected chi connectivity index (χ0v) is 7.30. The van der Waals surface area contributed by atoms with Crippen LogP contribution in [-0.4, -0.2) is 23.4 Å². The Labute approximate surface area is 71.0 Å². The highest BCUT2D eigenvalue weighted by atomic mass is 32.2. The van der Waals surface area contributed by atoms with Crippen LogP contribution in [0.3, 0.4) is 0 Å². The molecule has 0 aliphatic heterocycles. The van der Waals surface area contributed by atoms with Gasteiger partial charge in [-0.3, -0.25) is 4.79 Å². The quantitative estimate of drug-likeness (QED) is 0.355. The summed E-state index contributed by atoms with van der Waals surface area (Å²) in [6.07, 6.45) is 5.14. The molecule has 0 rings (SSSR count). The summed E-state index contributed by atoms with van der Waals surface area (Å²) in [7, 11) is 0. The first-order chi connectivity index (χ1) is 5.35. The fourth-order valence-electron chi connectivity index (χ4n) is 0.587. The van der Waals surface area contributed by atoms with E-state index >= 15 is 0 Å². The van der Waals surface area contributed by atoms with Crippen molar-refractivity contribution >= 4 is 18.4 Å². The standard InChI is InChI=1S/C7H13NO2S/c1-2-7(4-3-5-9)11-8-6-10/h3-4,6-7,9H,2,5H2,1H3,(H,8,10)/b4-3-. The number of nitrogens with one attached hydrogen (secondary N) is 1. The molecule has 0 aliphatic rings. The Kier molecular flexibility index (Phi) is 7.29. The summed E-state index contributed by atoms with van der Waals surface area (Å²) in [6.45, 7) is 2.07. The molecule has 64 valence electrons. The van der Waals surface area contributed by atoms with Crippen molar-refractivity contribution in [2.24, 2.45) is 0 Å². The molecule has 0 fully saturated rings. The first-order valence-electron chi connectivity index (χ1n) is 3.47. The molecule has 0 spiro atoms. The Morgan fingerprint density at radius 2 is 2.45 bits per heavy atom. The lowest BCUT2D eigenvalue weighted by Crippen LogP contribution is -2.07. The summed E-state index contributed by atoms with van der Waals surface area (Å²) in [5, 5.41) is 8.71. The van der Waals surface area contributed by atoms with Gasteiger partial charge < -0.3 is 9.83 Å². The number of amides is 1. The van der Waals surface area contributed by atoms with Gasteiger partial charge in [-0.15, -0.1) is 0 Å². The summed E-state index contributed by atoms with van der Waals surface area (Å²) in [4.78, 5) is 9.89. The van der Waals surface area contributed by atoms with Crippen molar-refractivity contribution < 1.29 is 9.90 Å². The van der Waals surface area contributed by atoms with E-state index in [4.69, 9.17) is 5.11 Å². The summed E-state index contributed by atoms with van der Waals surface area (Å²) in [5.41, 5.74) is 0. The Hall–Kier alpha value is -0.480. The van der Waals surface area contributed by atoms with Crippen LogP contribution < -0.4 is 4.72 Å². The van der Waals surface area contributed by atoms with Crippen LogP contribution in [0.15, 0.2) is 12.2 Å². The van der Waals surface area contributed by atoms with Gasteiger partial charge in [0.15, 0.2) is 0 Å². The van der Waals surface area contributed by atoms with E-state index in [1.807, 2.05) is 13.0 Å². The van der Waals surface area contributed by atoms with E-state index in [1.54, 1.807) is 6.08 Å². The maximum absolute atomic E-state index is 9.89. The molecule has 0 radical (unpaired) electrons. The second kappa shape index (κ2) is 7.63. The van der Waals surface area contributed by atoms with Crippen LogP contribution in [0.5, 0.6) is 0 Å². The third kappa shape index (κ3) is 5.94. The third-order valence-electron chi connectivity index (χ3n) is 1.13. The molecular weight excluding hydrogens is 162 g/mol. The molecule has 1 unspecified atom stereocenters. The molecule has 11 heavy (non-hydrogen) atoms. The van der Waals surface area contributed by atoms with Crippen molar-refractivity contribution in [3.8, 4) is 0 Å². The molecule has 0 bridgehead atoms. The Morgan fingerprint density at radius 1 is 1.73 bits per heavy atom. The van der Waals surface area contributed by atoms with Gasteiger partial charge in [-0.2, -0.15) is 0 Å². The number of aliphatic hydroxyl groups is 1. The minimum atomic E-state index is 0.0537. The zero-order chi connectivity index (χ0) is 8.53. The summed E-state index contributed by atoms with van der Waals surface area (Å²) in [6, 6.07) is 0. The molecular formula is C7H13NO2S. The van der Waals surface area contributed by atoms with E-state index in [0.717, 1.165) is 6.42 Å². The lowest BCUT2D eigenvalue weighted by molar-refractivity contribution is -0.107. The fraction of sp³-hybridized carbons (Fsp3) is 0.571. The molecule has 1 amide bonds. The third-order valence-corrected chi connectivity index (χ3v) is 2.15. The van der Waals surface area contributed by atoms with Gasteiger partial charge in [0.05, 0.1) is 6.61 Å². The topological polar surface area (TPSA) is 49.3 Å². The summed E-state index contributed by atoms with van der Waals surface area (Å²) in [5.74, 6) is 0. The first kappa shape index (κ1) is 10.5. The van der Waals surface area contributed by atoms with Crippen molar-refractivity contribution in [1.82, 2.24) is 4.72 Å². The lowest BCUT2D eigenvalue weighted by atomic mass is 10.3. The van der Waals surface area contributed by atoms with Crippen LogP contribution >= 0.6 is 11.9 Å². The number of rotatable bonds is 6. The maximum Gasteiger partial charge on any atom is 0.216 e. The molecule has 0 saturated heterocycles. The van der Waals surface area contributed by atoms with E-state index in [-0.39, 0.29) is 11.9 Å². The smallest absolute Gasteiger partial charge is 0.216 e. The number of carbonyl (C=O) groups is 1. The van der Waals surface area contributed by atoms with Crippen LogP contribution in [-0.2, 0) is 4.79 Å². The van der Waals surface area contributed by atoms with Crippen molar-refractivity contribution in [2.45, 2.75) is 18.6 Å². The molecule has 0 aromatic carbocycles. The highest BCUT2D eigenvalue weighted by molar-refractivity contribution is 7.98. The molecule has 0 aliphatic carbocycles. The van der Waals surface area contributed by atoms with Gasteiger partial charge in [0, 0.05) is 5.25 Å². The molecule has 4 heteroatoms. The zero-order valence-electron chi connectivity index (χ0n) is 6.49. The largest absolute Gasteiger partial charge is 0.392 e. The van der Waals surface area contributed by atoms with Gasteiger partial charge in [-0.1, -0.05) is 19.1 Å². The van der Waals surface area contributed by atoms with E-state index in [0.29, 0.717) is 6.41 Å². The van der Waals surface area contributed by atoms with Gasteiger partial charge >= 0.3 is 0 Å². The van der Waals surface area contributed by atoms with Gasteiger partial charge in [-0.05, 0) is 18.4 Å². The molecule has 1 atom stereocenters. The molecule has 0 saturated carbocycles. The van der Waals surface area contributed by atoms with Crippen LogP contribution in [0, 0.1) is 0 Å². The average molecular weight is 175 g/mol. The van der Waals surface area contributed by atoms with Gasteiger partial charge in [-0.25, -0.2) is 0 Å². The normalized spacial score (nSPS) is 13.3. The van der Waals surface area contributed by atoms with E-state index in [1.165, 1.54) is 11.9 Å². The van der Waals surface area contributed by atoms with Crippen molar-refractivity contribution in [1.29, 1.82) is 0 Å². The summed E-state index contributed by atoms with van der Waals surface area (Å²) < 4.78 is 2.51. The predicted molar refractivity (Wildman–Crippen MR) is 47.1 cm³/mol. The van der Waals surface area contributed by atoms with Crippen molar-refractivity contribution in [3.05, 3.63) is 12.2 Å². The molecule has 2 N–H and O–H groups in total. The number of hydrogen-bond acceptors (Lipinski definition) is 3. The molecule has 3 nitrogen and oxygen atoms in total. The van der Waals surface area contributed by atoms with E-state index in [2.05, 4.69) is 4.72 Å². The van der Waals surface area contributed by atoms with Gasteiger partial charge in [0.25, 0.3) is 0 Å². The average Bonchev–Trinajstić information content (AvgIpc) is 2.05. The van der Waals surface area contributed by atoms with Crippen LogP contribution in [0.2, 0.25) is 0 Å². The maximum atomic E-state index is 9.89. The molecule has 0 heterocycles. The Bertz CT molecular complexity index is 128. The number of aliphatic hydroxyl groups excluding tert-OH is 1. The number of carbonyl (C=O) groups excluding carboxylic acids is 1. The van der Waals surface area contributed by atoms with Crippen molar-refractivity contribution in [2.75, 3.05) is 6.61 Å². The fourth-order valence-corrected chi connectivity index (χ4v) is 1.17. The van der Waals surface area contributed by atoms with Crippen molar-refractivity contribution in [3.63, 3.8) is 0 Å². The van der Waals surface area contributed by atoms with Crippen LogP contribution in [0.4, 0.5) is 0 Å². The monoisotopic (exact) mass is 175 g/mol. The predicted octanol–water partition coefficient (Wildman–Crippen LogP) is 0.708. The van der Waals surface area contributed by atoms with E-state index < -0.39 is 0 Å². The van der Waals surface area contributed by atoms with E-state index in [9.17, 15) is 4.79 Å². The number of hydrogen-bond donors (Lipinski definition) is 2. The minimum absolute atomic E-state index is 0.0537.